The monoisotopic (exact) mass is 526 g/mol. The standard InChI is InChI=1S/C26H39ClN2O7/c1-18(17-36-29(34)35)28-26(33)10-5-3-2-4-9-22-23(25(32)16-24(22)31)14-13-21(30)12-11-19-7-6-8-20(27)15-19/h2,4,6-8,13-15,18,21-25,30-32,34-35H,3,5,9-12,16-17H2,1H3,(H,28,33)/b4-2-,14-13+/t18?,21-,22+,23+,24-,25+/m0/s1. The van der Waals surface area contributed by atoms with Crippen LogP contribution in [0.5, 0.6) is 0 Å². The van der Waals surface area contributed by atoms with Crippen LogP contribution in [0.2, 0.25) is 5.02 Å². The molecule has 0 aromatic heterocycles. The fraction of sp³-hybridized carbons (Fsp3) is 0.577. The van der Waals surface area contributed by atoms with Gasteiger partial charge in [-0.05, 0) is 62.6 Å². The van der Waals surface area contributed by atoms with E-state index in [1.807, 2.05) is 42.5 Å². The summed E-state index contributed by atoms with van der Waals surface area (Å²) in [6, 6.07) is 7.16. The van der Waals surface area contributed by atoms with Gasteiger partial charge >= 0.3 is 0 Å². The molecule has 0 spiro atoms. The van der Waals surface area contributed by atoms with Gasteiger partial charge in [-0.25, -0.2) is 4.84 Å². The molecule has 0 heterocycles. The number of nitrogens with zero attached hydrogens (tertiary/aromatic N) is 1. The first-order valence-electron chi connectivity index (χ1n) is 12.4. The molecular formula is C26H39ClN2O7. The fourth-order valence-electron chi connectivity index (χ4n) is 4.39. The maximum absolute atomic E-state index is 11.9. The van der Waals surface area contributed by atoms with Crippen molar-refractivity contribution in [2.45, 2.75) is 76.2 Å². The van der Waals surface area contributed by atoms with Gasteiger partial charge in [-0.3, -0.25) is 15.2 Å². The topological polar surface area (TPSA) is 143 Å². The zero-order valence-corrected chi connectivity index (χ0v) is 21.4. The average molecular weight is 527 g/mol. The zero-order valence-electron chi connectivity index (χ0n) is 20.6. The van der Waals surface area contributed by atoms with Crippen LogP contribution in [0.15, 0.2) is 48.6 Å². The van der Waals surface area contributed by atoms with Gasteiger partial charge in [0, 0.05) is 23.8 Å². The van der Waals surface area contributed by atoms with Crippen LogP contribution in [0.25, 0.3) is 0 Å². The largest absolute Gasteiger partial charge is 0.393 e. The molecule has 202 valence electrons. The first-order valence-corrected chi connectivity index (χ1v) is 12.8. The summed E-state index contributed by atoms with van der Waals surface area (Å²) in [7, 11) is 0. The molecule has 1 amide bonds. The van der Waals surface area contributed by atoms with Crippen molar-refractivity contribution in [3.63, 3.8) is 0 Å². The lowest BCUT2D eigenvalue weighted by Crippen LogP contribution is -2.37. The molecule has 0 aliphatic heterocycles. The van der Waals surface area contributed by atoms with Crippen molar-refractivity contribution in [1.29, 1.82) is 0 Å². The molecular weight excluding hydrogens is 488 g/mol. The summed E-state index contributed by atoms with van der Waals surface area (Å²) >= 11 is 6.00. The van der Waals surface area contributed by atoms with Gasteiger partial charge in [-0.2, -0.15) is 0 Å². The molecule has 1 aliphatic rings. The van der Waals surface area contributed by atoms with Crippen LogP contribution >= 0.6 is 11.6 Å². The molecule has 10 heteroatoms. The van der Waals surface area contributed by atoms with Gasteiger partial charge in [0.15, 0.2) is 0 Å². The van der Waals surface area contributed by atoms with E-state index < -0.39 is 18.3 Å². The minimum absolute atomic E-state index is 0.0667. The summed E-state index contributed by atoms with van der Waals surface area (Å²) in [5.41, 5.74) is 1.05. The van der Waals surface area contributed by atoms with E-state index in [-0.39, 0.29) is 35.8 Å². The van der Waals surface area contributed by atoms with Crippen molar-refractivity contribution < 1.29 is 35.4 Å². The summed E-state index contributed by atoms with van der Waals surface area (Å²) in [6.45, 7) is 1.62. The SMILES string of the molecule is CC(CON(O)O)NC(=O)CCC/C=C\C[C@@H]1[C@@H](/C=C/[C@@H](O)CCc2cccc(Cl)c2)[C@H](O)C[C@@H]1O. The lowest BCUT2D eigenvalue weighted by molar-refractivity contribution is -0.493. The highest BCUT2D eigenvalue weighted by Gasteiger charge is 2.39. The van der Waals surface area contributed by atoms with Crippen molar-refractivity contribution in [2.75, 3.05) is 6.61 Å². The molecule has 6 N–H and O–H groups in total. The molecule has 0 bridgehead atoms. The number of aliphatic hydroxyl groups excluding tert-OH is 3. The van der Waals surface area contributed by atoms with Crippen LogP contribution in [-0.4, -0.2) is 68.0 Å². The molecule has 1 aliphatic carbocycles. The third kappa shape index (κ3) is 11.5. The summed E-state index contributed by atoms with van der Waals surface area (Å²) in [4.78, 5) is 16.4. The molecule has 6 atom stereocenters. The molecule has 1 saturated carbocycles. The van der Waals surface area contributed by atoms with Crippen LogP contribution in [0.1, 0.15) is 51.0 Å². The Morgan fingerprint density at radius 1 is 1.28 bits per heavy atom. The quantitative estimate of drug-likeness (QED) is 0.116. The molecule has 0 saturated heterocycles. The van der Waals surface area contributed by atoms with Gasteiger partial charge in [-0.1, -0.05) is 48.0 Å². The minimum atomic E-state index is -0.659. The Labute approximate surface area is 217 Å². The number of benzene rings is 1. The Morgan fingerprint density at radius 3 is 2.78 bits per heavy atom. The Balaban J connectivity index is 1.72. The number of nitrogens with one attached hydrogen (secondary N) is 1. The number of hydrogen-bond donors (Lipinski definition) is 6. The lowest BCUT2D eigenvalue weighted by Gasteiger charge is -2.19. The molecule has 36 heavy (non-hydrogen) atoms. The van der Waals surface area contributed by atoms with Crippen molar-refractivity contribution in [2.24, 2.45) is 11.8 Å². The van der Waals surface area contributed by atoms with Crippen LogP contribution in [0.3, 0.4) is 0 Å². The van der Waals surface area contributed by atoms with E-state index in [0.29, 0.717) is 50.0 Å². The van der Waals surface area contributed by atoms with Crippen LogP contribution in [0.4, 0.5) is 0 Å². The summed E-state index contributed by atoms with van der Waals surface area (Å²) in [5.74, 6) is -0.543. The summed E-state index contributed by atoms with van der Waals surface area (Å²) < 4.78 is 0. The van der Waals surface area contributed by atoms with Gasteiger partial charge in [0.1, 0.15) is 0 Å². The van der Waals surface area contributed by atoms with Crippen LogP contribution < -0.4 is 5.32 Å². The maximum atomic E-state index is 11.9. The molecule has 1 unspecified atom stereocenters. The van der Waals surface area contributed by atoms with Crippen LogP contribution in [-0.2, 0) is 16.1 Å². The number of amides is 1. The molecule has 9 nitrogen and oxygen atoms in total. The first kappa shape index (κ1) is 30.4. The van der Waals surface area contributed by atoms with E-state index in [1.165, 1.54) is 0 Å². The van der Waals surface area contributed by atoms with Gasteiger partial charge in [-0.15, -0.1) is 0 Å². The predicted molar refractivity (Wildman–Crippen MR) is 135 cm³/mol. The Morgan fingerprint density at radius 2 is 2.06 bits per heavy atom. The first-order chi connectivity index (χ1) is 17.2. The number of rotatable bonds is 15. The van der Waals surface area contributed by atoms with Crippen molar-refractivity contribution in [1.82, 2.24) is 10.7 Å². The van der Waals surface area contributed by atoms with Crippen molar-refractivity contribution >= 4 is 17.5 Å². The minimum Gasteiger partial charge on any atom is -0.393 e. The lowest BCUT2D eigenvalue weighted by atomic mass is 9.89. The number of halogens is 1. The highest BCUT2D eigenvalue weighted by molar-refractivity contribution is 6.30. The third-order valence-electron chi connectivity index (χ3n) is 6.29. The molecule has 2 rings (SSSR count). The fourth-order valence-corrected chi connectivity index (χ4v) is 4.60. The second-order valence-electron chi connectivity index (χ2n) is 9.35. The molecule has 0 radical (unpaired) electrons. The molecule has 1 aromatic carbocycles. The Hall–Kier alpha value is -1.82. The predicted octanol–water partition coefficient (Wildman–Crippen LogP) is 3.18. The van der Waals surface area contributed by atoms with E-state index in [9.17, 15) is 20.1 Å². The van der Waals surface area contributed by atoms with E-state index >= 15 is 0 Å². The maximum Gasteiger partial charge on any atom is 0.220 e. The van der Waals surface area contributed by atoms with Crippen molar-refractivity contribution in [3.05, 3.63) is 59.2 Å². The van der Waals surface area contributed by atoms with Crippen LogP contribution in [0, 0.1) is 11.8 Å². The number of unbranched alkanes of at least 4 members (excludes halogenated alkanes) is 1. The number of aryl methyl sites for hydroxylation is 1. The highest BCUT2D eigenvalue weighted by Crippen LogP contribution is 2.36. The second kappa shape index (κ2) is 16.1. The van der Waals surface area contributed by atoms with E-state index in [0.717, 1.165) is 5.56 Å². The van der Waals surface area contributed by atoms with Gasteiger partial charge < -0.3 is 20.6 Å². The number of carbonyl (C=O) groups is 1. The zero-order chi connectivity index (χ0) is 26.5. The van der Waals surface area contributed by atoms with E-state index in [2.05, 4.69) is 10.2 Å². The van der Waals surface area contributed by atoms with Crippen molar-refractivity contribution in [3.8, 4) is 0 Å². The Kier molecular flexibility index (Phi) is 13.6. The summed E-state index contributed by atoms with van der Waals surface area (Å²) in [6.07, 6.45) is 9.28. The summed E-state index contributed by atoms with van der Waals surface area (Å²) in [5, 5.41) is 51.2. The Bertz CT molecular complexity index is 851. The third-order valence-corrected chi connectivity index (χ3v) is 6.52. The number of aliphatic hydroxyl groups is 3. The number of allylic oxidation sites excluding steroid dienone is 2. The second-order valence-corrected chi connectivity index (χ2v) is 9.79. The van der Waals surface area contributed by atoms with E-state index in [4.69, 9.17) is 22.0 Å². The smallest absolute Gasteiger partial charge is 0.220 e. The highest BCUT2D eigenvalue weighted by atomic mass is 35.5. The molecule has 1 aromatic rings. The average Bonchev–Trinajstić information content (AvgIpc) is 3.09. The van der Waals surface area contributed by atoms with Gasteiger partial charge in [0.2, 0.25) is 5.91 Å². The molecule has 1 fully saturated rings. The normalized spacial score (nSPS) is 24.1. The number of hydrogen-bond acceptors (Lipinski definition) is 8. The van der Waals surface area contributed by atoms with E-state index in [1.54, 1.807) is 13.0 Å². The van der Waals surface area contributed by atoms with Gasteiger partial charge in [0.05, 0.1) is 36.4 Å². The number of carbonyl (C=O) groups excluding carboxylic acids is 1. The van der Waals surface area contributed by atoms with Gasteiger partial charge in [0.25, 0.3) is 0 Å².